The summed E-state index contributed by atoms with van der Waals surface area (Å²) >= 11 is -2.82. The van der Waals surface area contributed by atoms with Crippen LogP contribution < -0.4 is 24.8 Å². The Kier molecular flexibility index (Phi) is 12.0. The van der Waals surface area contributed by atoms with Gasteiger partial charge in [0.15, 0.2) is 0 Å². The summed E-state index contributed by atoms with van der Waals surface area (Å²) in [5, 5.41) is 0. The summed E-state index contributed by atoms with van der Waals surface area (Å²) in [6.07, 6.45) is 13.7. The zero-order valence-electron chi connectivity index (χ0n) is 37.3. The number of allylic oxidation sites excluding steroid dienone is 8. The average Bonchev–Trinajstić information content (AvgIpc) is 3.85. The largest absolute Gasteiger partial charge is 1.00 e. The van der Waals surface area contributed by atoms with E-state index in [-0.39, 0.29) is 51.9 Å². The molecule has 4 aromatic rings. The van der Waals surface area contributed by atoms with Crippen molar-refractivity contribution in [3.8, 4) is 11.1 Å². The third kappa shape index (κ3) is 8.04. The Bertz CT molecular complexity index is 2270. The van der Waals surface area contributed by atoms with Gasteiger partial charge in [0.25, 0.3) is 0 Å². The smallest absolute Gasteiger partial charge is 1.00 e. The minimum atomic E-state index is -2.82. The first-order valence-corrected chi connectivity index (χ1v) is 25.1. The fourth-order valence-corrected chi connectivity index (χ4v) is 19.5. The molecule has 0 nitrogen and oxygen atoms in total. The van der Waals surface area contributed by atoms with Crippen LogP contribution in [0.25, 0.3) is 22.3 Å². The number of fused-ring (bicyclic) bond motifs is 5. The Morgan fingerprint density at radius 3 is 1.34 bits per heavy atom. The summed E-state index contributed by atoms with van der Waals surface area (Å²) in [7, 11) is 0. The zero-order chi connectivity index (χ0) is 40.2. The van der Waals surface area contributed by atoms with Gasteiger partial charge in [-0.15, -0.1) is 0 Å². The number of halogens is 2. The van der Waals surface area contributed by atoms with E-state index in [0.29, 0.717) is 3.63 Å². The molecule has 0 saturated carbocycles. The predicted molar refractivity (Wildman–Crippen MR) is 240 cm³/mol. The first-order valence-electron chi connectivity index (χ1n) is 21.2. The Balaban J connectivity index is 0.00000283. The van der Waals surface area contributed by atoms with Gasteiger partial charge in [-0.2, -0.15) is 0 Å². The van der Waals surface area contributed by atoms with E-state index in [1.54, 1.807) is 14.4 Å². The third-order valence-corrected chi connectivity index (χ3v) is 21.4. The molecule has 0 bridgehead atoms. The maximum Gasteiger partial charge on any atom is -1.00 e. The van der Waals surface area contributed by atoms with Crippen molar-refractivity contribution in [1.29, 1.82) is 0 Å². The molecule has 3 heteroatoms. The van der Waals surface area contributed by atoms with Crippen LogP contribution in [0.4, 0.5) is 0 Å². The van der Waals surface area contributed by atoms with Crippen LogP contribution in [0.1, 0.15) is 145 Å². The summed E-state index contributed by atoms with van der Waals surface area (Å²) in [4.78, 5) is 0. The summed E-state index contributed by atoms with van der Waals surface area (Å²) < 4.78 is 3.98. The molecule has 302 valence electrons. The second kappa shape index (κ2) is 15.6. The van der Waals surface area contributed by atoms with Crippen LogP contribution in [-0.2, 0) is 44.9 Å². The maximum absolute atomic E-state index is 2.82. The molecule has 0 aromatic heterocycles. The van der Waals surface area contributed by atoms with Gasteiger partial charge in [0, 0.05) is 0 Å². The molecule has 0 spiro atoms. The molecule has 0 amide bonds. The van der Waals surface area contributed by atoms with Gasteiger partial charge in [-0.25, -0.2) is 0 Å². The van der Waals surface area contributed by atoms with Crippen molar-refractivity contribution < 1.29 is 46.1 Å². The summed E-state index contributed by atoms with van der Waals surface area (Å²) in [6.45, 7) is 31.4. The molecule has 4 aromatic carbocycles. The van der Waals surface area contributed by atoms with Gasteiger partial charge in [-0.1, -0.05) is 0 Å². The first kappa shape index (κ1) is 44.7. The summed E-state index contributed by atoms with van der Waals surface area (Å²) in [5.74, 6) is 0. The maximum atomic E-state index is 2.73. The number of rotatable bonds is 6. The Morgan fingerprint density at radius 1 is 0.569 bits per heavy atom. The standard InChI is InChI=1S/C31H37.C15H14.C9H13.2ClH.Zr/c1-28(2,3)26-16-30(7,8)24-12-18-11-19-13-25-23(15-21(19)20(18)14-22(24)26)27(29(4,5)6)17-31(25,9)10;1-3-8-14(9-4-1)12-7-13-15-10-5-2-6-11-15;1-9(2,3)8-6-4-5-7-8;;;/h11-17H,1-10H3;1-6,8-11H,12-13H2;6-7H,4H2,1-3H3;2*1H;/q;;;;;+2/p-2. The van der Waals surface area contributed by atoms with Crippen molar-refractivity contribution >= 4 is 14.4 Å². The normalized spacial score (nSPS) is 17.3. The van der Waals surface area contributed by atoms with E-state index >= 15 is 0 Å². The van der Waals surface area contributed by atoms with Gasteiger partial charge >= 0.3 is 349 Å². The fourth-order valence-electron chi connectivity index (χ4n) is 10.2. The SMILES string of the molecule is CC(C)(C)C1=CC[C]([Zr+2](=[C](Cc2ccccc2)Cc2ccccc2)[CH]2c3cc4c(cc3-c3cc5c(cc32)C(C)(C)C=C5C(C)(C)C)C(C(C)(C)C)=CC4(C)C)=C1.[Cl-].[Cl-]. The van der Waals surface area contributed by atoms with Crippen molar-refractivity contribution in [2.45, 2.75) is 124 Å². The van der Waals surface area contributed by atoms with Gasteiger partial charge in [0.05, 0.1) is 0 Å². The van der Waals surface area contributed by atoms with Crippen molar-refractivity contribution in [1.82, 2.24) is 0 Å². The molecule has 0 aliphatic heterocycles. The van der Waals surface area contributed by atoms with E-state index in [9.17, 15) is 0 Å². The van der Waals surface area contributed by atoms with Crippen LogP contribution in [0.2, 0.25) is 0 Å². The number of hydrogen-bond acceptors (Lipinski definition) is 0. The molecule has 0 fully saturated rings. The minimum absolute atomic E-state index is 0. The molecule has 4 aliphatic carbocycles. The molecule has 0 heterocycles. The second-order valence-electron chi connectivity index (χ2n) is 21.6. The quantitative estimate of drug-likeness (QED) is 0.182. The fraction of sp³-hybridized carbons (Fsp3) is 0.400. The van der Waals surface area contributed by atoms with Crippen molar-refractivity contribution in [2.24, 2.45) is 16.2 Å². The zero-order valence-corrected chi connectivity index (χ0v) is 41.3. The Labute approximate surface area is 371 Å². The molecule has 0 unspecified atom stereocenters. The van der Waals surface area contributed by atoms with Crippen LogP contribution in [-0.4, -0.2) is 3.21 Å². The van der Waals surface area contributed by atoms with Gasteiger partial charge < -0.3 is 24.8 Å². The second-order valence-corrected chi connectivity index (χ2v) is 28.4. The molecule has 0 N–H and O–H groups in total. The van der Waals surface area contributed by atoms with E-state index < -0.39 is 21.3 Å². The van der Waals surface area contributed by atoms with Gasteiger partial charge in [-0.05, 0) is 0 Å². The Morgan fingerprint density at radius 2 is 0.983 bits per heavy atom. The molecular weight excluding hydrogens is 823 g/mol. The topological polar surface area (TPSA) is 0 Å². The first-order chi connectivity index (χ1) is 26.1. The van der Waals surface area contributed by atoms with Gasteiger partial charge in [0.1, 0.15) is 0 Å². The van der Waals surface area contributed by atoms with Crippen molar-refractivity contribution in [3.63, 3.8) is 0 Å². The third-order valence-electron chi connectivity index (χ3n) is 13.2. The molecule has 0 atom stereocenters. The predicted octanol–water partition coefficient (Wildman–Crippen LogP) is 8.74. The molecule has 0 saturated heterocycles. The van der Waals surface area contributed by atoms with Gasteiger partial charge in [0.2, 0.25) is 0 Å². The molecule has 58 heavy (non-hydrogen) atoms. The van der Waals surface area contributed by atoms with E-state index in [2.05, 4.69) is 199 Å². The van der Waals surface area contributed by atoms with E-state index in [4.69, 9.17) is 0 Å². The van der Waals surface area contributed by atoms with Crippen LogP contribution in [0.5, 0.6) is 0 Å². The average molecular weight is 887 g/mol. The van der Waals surface area contributed by atoms with Crippen LogP contribution in [0.3, 0.4) is 0 Å². The summed E-state index contributed by atoms with van der Waals surface area (Å²) in [6, 6.07) is 33.6. The summed E-state index contributed by atoms with van der Waals surface area (Å²) in [5.41, 5.74) is 19.8. The molecule has 0 radical (unpaired) electrons. The van der Waals surface area contributed by atoms with Crippen LogP contribution in [0, 0.1) is 16.2 Å². The van der Waals surface area contributed by atoms with Crippen LogP contribution in [0.15, 0.2) is 118 Å². The van der Waals surface area contributed by atoms with Crippen LogP contribution >= 0.6 is 0 Å². The van der Waals surface area contributed by atoms with Gasteiger partial charge in [-0.3, -0.25) is 0 Å². The van der Waals surface area contributed by atoms with Crippen molar-refractivity contribution in [2.75, 3.05) is 0 Å². The monoisotopic (exact) mass is 884 g/mol. The number of hydrogen-bond donors (Lipinski definition) is 0. The molecule has 4 aliphatic rings. The molecular formula is C55H64Cl2Zr. The van der Waals surface area contributed by atoms with E-state index in [1.165, 1.54) is 61.2 Å². The minimum Gasteiger partial charge on any atom is -1.00 e. The Hall–Kier alpha value is -2.83. The molecule has 8 rings (SSSR count). The number of benzene rings is 4. The van der Waals surface area contributed by atoms with Crippen molar-refractivity contribution in [3.05, 3.63) is 163 Å². The van der Waals surface area contributed by atoms with E-state index in [0.717, 1.165) is 19.3 Å². The van der Waals surface area contributed by atoms with E-state index in [1.807, 2.05) is 3.21 Å².